The van der Waals surface area contributed by atoms with Crippen LogP contribution in [0.1, 0.15) is 64.0 Å². The first-order valence-corrected chi connectivity index (χ1v) is 8.40. The van der Waals surface area contributed by atoms with Crippen LogP contribution in [0, 0.1) is 0 Å². The molecule has 1 aliphatic rings. The molecule has 2 rings (SSSR count). The molecular formula is C18H28N2O. The van der Waals surface area contributed by atoms with Crippen molar-refractivity contribution in [1.82, 2.24) is 5.32 Å². The number of hydrogen-bond acceptors (Lipinski definition) is 2. The average Bonchev–Trinajstić information content (AvgIpc) is 2.52. The van der Waals surface area contributed by atoms with Gasteiger partial charge in [-0.1, -0.05) is 44.9 Å². The van der Waals surface area contributed by atoms with Crippen LogP contribution in [0.2, 0.25) is 0 Å². The lowest BCUT2D eigenvalue weighted by molar-refractivity contribution is -0.118. The molecule has 0 fully saturated rings. The van der Waals surface area contributed by atoms with Gasteiger partial charge in [-0.3, -0.25) is 4.79 Å². The first kappa shape index (κ1) is 16.0. The number of amides is 1. The third kappa shape index (κ3) is 4.07. The summed E-state index contributed by atoms with van der Waals surface area (Å²) >= 11 is 0. The number of carbonyl (C=O) groups excluding carboxylic acids is 1. The Kier molecular flexibility index (Phi) is 6.24. The highest BCUT2D eigenvalue weighted by Crippen LogP contribution is 2.34. The molecule has 3 nitrogen and oxygen atoms in total. The van der Waals surface area contributed by atoms with Gasteiger partial charge in [-0.15, -0.1) is 0 Å². The fourth-order valence-electron chi connectivity index (χ4n) is 3.01. The molecule has 116 valence electrons. The summed E-state index contributed by atoms with van der Waals surface area (Å²) in [5, 5.41) is 3.60. The summed E-state index contributed by atoms with van der Waals surface area (Å²) in [6, 6.07) is 8.75. The molecule has 0 saturated carbocycles. The van der Waals surface area contributed by atoms with Crippen LogP contribution in [0.5, 0.6) is 0 Å². The van der Waals surface area contributed by atoms with E-state index in [1.807, 2.05) is 11.0 Å². The number of para-hydroxylation sites is 1. The van der Waals surface area contributed by atoms with Gasteiger partial charge in [-0.25, -0.2) is 0 Å². The highest BCUT2D eigenvalue weighted by atomic mass is 16.2. The molecule has 1 N–H and O–H groups in total. The normalized spacial score (nSPS) is 17.6. The molecular weight excluding hydrogens is 260 g/mol. The molecule has 0 radical (unpaired) electrons. The van der Waals surface area contributed by atoms with Gasteiger partial charge < -0.3 is 10.2 Å². The highest BCUT2D eigenvalue weighted by Gasteiger charge is 2.27. The van der Waals surface area contributed by atoms with E-state index in [-0.39, 0.29) is 5.91 Å². The first-order valence-electron chi connectivity index (χ1n) is 8.40. The van der Waals surface area contributed by atoms with Crippen molar-refractivity contribution in [2.75, 3.05) is 18.0 Å². The fourth-order valence-corrected chi connectivity index (χ4v) is 3.01. The summed E-state index contributed by atoms with van der Waals surface area (Å²) in [7, 11) is 0. The van der Waals surface area contributed by atoms with Gasteiger partial charge in [0, 0.05) is 24.7 Å². The minimum absolute atomic E-state index is 0.282. The van der Waals surface area contributed by atoms with Crippen LogP contribution in [0.25, 0.3) is 0 Å². The molecule has 1 amide bonds. The molecule has 21 heavy (non-hydrogen) atoms. The minimum atomic E-state index is 0.282. The summed E-state index contributed by atoms with van der Waals surface area (Å²) in [5.41, 5.74) is 2.39. The Hall–Kier alpha value is -1.35. The Balaban J connectivity index is 2.09. The second-order valence-electron chi connectivity index (χ2n) is 5.86. The van der Waals surface area contributed by atoms with Gasteiger partial charge in [0.15, 0.2) is 0 Å². The van der Waals surface area contributed by atoms with E-state index < -0.39 is 0 Å². The van der Waals surface area contributed by atoms with Crippen LogP contribution >= 0.6 is 0 Å². The van der Waals surface area contributed by atoms with Gasteiger partial charge in [-0.05, 0) is 37.4 Å². The highest BCUT2D eigenvalue weighted by molar-refractivity contribution is 5.94. The topological polar surface area (TPSA) is 32.3 Å². The summed E-state index contributed by atoms with van der Waals surface area (Å²) in [6.07, 6.45) is 6.13. The molecule has 1 atom stereocenters. The number of nitrogens with zero attached hydrogens (tertiary/aromatic N) is 1. The number of rotatable bonds is 7. The zero-order valence-corrected chi connectivity index (χ0v) is 13.4. The van der Waals surface area contributed by atoms with Gasteiger partial charge in [-0.2, -0.15) is 0 Å². The quantitative estimate of drug-likeness (QED) is 0.768. The van der Waals surface area contributed by atoms with Crippen LogP contribution in [0.15, 0.2) is 24.3 Å². The summed E-state index contributed by atoms with van der Waals surface area (Å²) in [4.78, 5) is 14.5. The third-order valence-electron chi connectivity index (χ3n) is 4.18. The summed E-state index contributed by atoms with van der Waals surface area (Å²) in [6.45, 7) is 6.22. The maximum atomic E-state index is 12.5. The fraction of sp³-hybridized carbons (Fsp3) is 0.611. The molecule has 1 aliphatic heterocycles. The molecule has 1 unspecified atom stereocenters. The number of carbonyl (C=O) groups is 1. The number of unbranched alkanes of at least 4 members (excludes halogenated alkanes) is 2. The van der Waals surface area contributed by atoms with Crippen molar-refractivity contribution in [2.45, 2.75) is 58.4 Å². The molecule has 0 spiro atoms. The SMILES string of the molecule is CCCCCC(=O)N1CCC(NCCC)c2ccccc21. The van der Waals surface area contributed by atoms with Gasteiger partial charge in [0.1, 0.15) is 0 Å². The van der Waals surface area contributed by atoms with Crippen LogP contribution in [0.3, 0.4) is 0 Å². The minimum Gasteiger partial charge on any atom is -0.312 e. The lowest BCUT2D eigenvalue weighted by Crippen LogP contribution is -2.39. The van der Waals surface area contributed by atoms with Crippen molar-refractivity contribution in [3.63, 3.8) is 0 Å². The Morgan fingerprint density at radius 3 is 2.81 bits per heavy atom. The number of fused-ring (bicyclic) bond motifs is 1. The van der Waals surface area contributed by atoms with E-state index in [0.717, 1.165) is 50.9 Å². The van der Waals surface area contributed by atoms with E-state index in [9.17, 15) is 4.79 Å². The molecule has 0 aromatic heterocycles. The monoisotopic (exact) mass is 288 g/mol. The molecule has 3 heteroatoms. The average molecular weight is 288 g/mol. The molecule has 0 bridgehead atoms. The van der Waals surface area contributed by atoms with E-state index in [2.05, 4.69) is 37.4 Å². The second-order valence-corrected chi connectivity index (χ2v) is 5.86. The zero-order chi connectivity index (χ0) is 15.1. The van der Waals surface area contributed by atoms with Crippen molar-refractivity contribution in [3.8, 4) is 0 Å². The lowest BCUT2D eigenvalue weighted by atomic mass is 9.95. The van der Waals surface area contributed by atoms with E-state index in [4.69, 9.17) is 0 Å². The maximum Gasteiger partial charge on any atom is 0.226 e. The van der Waals surface area contributed by atoms with E-state index in [1.54, 1.807) is 0 Å². The molecule has 1 aromatic rings. The van der Waals surface area contributed by atoms with Crippen LogP contribution in [-0.4, -0.2) is 19.0 Å². The molecule has 0 aliphatic carbocycles. The number of anilines is 1. The molecule has 1 heterocycles. The van der Waals surface area contributed by atoms with Crippen molar-refractivity contribution in [3.05, 3.63) is 29.8 Å². The third-order valence-corrected chi connectivity index (χ3v) is 4.18. The molecule has 0 saturated heterocycles. The van der Waals surface area contributed by atoms with Gasteiger partial charge in [0.25, 0.3) is 0 Å². The second kappa shape index (κ2) is 8.18. The Bertz CT molecular complexity index is 458. The van der Waals surface area contributed by atoms with E-state index >= 15 is 0 Å². The van der Waals surface area contributed by atoms with E-state index in [0.29, 0.717) is 12.5 Å². The lowest BCUT2D eigenvalue weighted by Gasteiger charge is -2.35. The van der Waals surface area contributed by atoms with Crippen LogP contribution in [-0.2, 0) is 4.79 Å². The largest absolute Gasteiger partial charge is 0.312 e. The number of nitrogens with one attached hydrogen (secondary N) is 1. The predicted molar refractivity (Wildman–Crippen MR) is 88.6 cm³/mol. The number of hydrogen-bond donors (Lipinski definition) is 1. The van der Waals surface area contributed by atoms with Crippen molar-refractivity contribution < 1.29 is 4.79 Å². The Labute approximate surface area is 128 Å². The molecule has 1 aromatic carbocycles. The van der Waals surface area contributed by atoms with Gasteiger partial charge in [0.2, 0.25) is 5.91 Å². The predicted octanol–water partition coefficient (Wildman–Crippen LogP) is 4.04. The van der Waals surface area contributed by atoms with Crippen LogP contribution in [0.4, 0.5) is 5.69 Å². The van der Waals surface area contributed by atoms with Gasteiger partial charge in [0.05, 0.1) is 0 Å². The van der Waals surface area contributed by atoms with Crippen molar-refractivity contribution in [1.29, 1.82) is 0 Å². The van der Waals surface area contributed by atoms with Crippen molar-refractivity contribution in [2.24, 2.45) is 0 Å². The zero-order valence-electron chi connectivity index (χ0n) is 13.4. The summed E-state index contributed by atoms with van der Waals surface area (Å²) in [5.74, 6) is 0.282. The van der Waals surface area contributed by atoms with E-state index in [1.165, 1.54) is 5.56 Å². The standard InChI is InChI=1S/C18H28N2O/c1-3-5-6-11-18(21)20-14-12-16(19-13-4-2)15-9-7-8-10-17(15)20/h7-10,16,19H,3-6,11-14H2,1-2H3. The first-order chi connectivity index (χ1) is 10.3. The Morgan fingerprint density at radius 1 is 1.24 bits per heavy atom. The van der Waals surface area contributed by atoms with Crippen molar-refractivity contribution >= 4 is 11.6 Å². The van der Waals surface area contributed by atoms with Crippen LogP contribution < -0.4 is 10.2 Å². The number of benzene rings is 1. The van der Waals surface area contributed by atoms with Gasteiger partial charge >= 0.3 is 0 Å². The Morgan fingerprint density at radius 2 is 2.05 bits per heavy atom. The maximum absolute atomic E-state index is 12.5. The smallest absolute Gasteiger partial charge is 0.226 e. The summed E-state index contributed by atoms with van der Waals surface area (Å²) < 4.78 is 0.